The fourth-order valence-corrected chi connectivity index (χ4v) is 3.05. The topological polar surface area (TPSA) is 35.8 Å². The van der Waals surface area contributed by atoms with Crippen molar-refractivity contribution < 1.29 is 0 Å². The molecule has 4 heteroatoms. The summed E-state index contributed by atoms with van der Waals surface area (Å²) in [4.78, 5) is 0. The van der Waals surface area contributed by atoms with Crippen molar-refractivity contribution in [3.05, 3.63) is 25.3 Å². The van der Waals surface area contributed by atoms with Crippen molar-refractivity contribution in [2.75, 3.05) is 5.32 Å². The van der Waals surface area contributed by atoms with E-state index in [2.05, 4.69) is 74.8 Å². The van der Waals surface area contributed by atoms with Gasteiger partial charge in [-0.1, -0.05) is 0 Å². The van der Waals surface area contributed by atoms with Gasteiger partial charge in [-0.2, -0.15) is 5.26 Å². The maximum absolute atomic E-state index is 8.53. The Labute approximate surface area is 111 Å². The van der Waals surface area contributed by atoms with Crippen molar-refractivity contribution in [3.63, 3.8) is 0 Å². The summed E-state index contributed by atoms with van der Waals surface area (Å²) >= 11 is 4.58. The Morgan fingerprint density at radius 3 is 2.43 bits per heavy atom. The molecule has 0 bridgehead atoms. The number of nitrogens with zero attached hydrogens (tertiary/aromatic N) is 1. The number of hydrogen-bond donors (Lipinski definition) is 1. The molecule has 74 valence electrons. The molecule has 1 N–H and O–H groups in total. The third-order valence-corrected chi connectivity index (χ3v) is 2.92. The Morgan fingerprint density at radius 2 is 1.93 bits per heavy atom. The van der Waals surface area contributed by atoms with Crippen LogP contribution in [0.3, 0.4) is 0 Å². The van der Waals surface area contributed by atoms with Gasteiger partial charge >= 0.3 is 0 Å². The predicted octanol–water partition coefficient (Wildman–Crippen LogP) is 3.61. The van der Waals surface area contributed by atoms with Crippen LogP contribution in [-0.2, 0) is 0 Å². The molecule has 0 aliphatic rings. The standard InChI is InChI=1S/C10H10I2N2/c1-7(2-3-13)14-10-5-8(11)4-9(12)6-10/h4-7,14H,2H2,1H3. The molecule has 0 fully saturated rings. The highest BCUT2D eigenvalue weighted by Gasteiger charge is 2.02. The van der Waals surface area contributed by atoms with Crippen LogP contribution in [-0.4, -0.2) is 6.04 Å². The number of anilines is 1. The Bertz CT molecular complexity index is 337. The SMILES string of the molecule is CC(CC#N)Nc1cc(I)cc(I)c1. The van der Waals surface area contributed by atoms with E-state index in [4.69, 9.17) is 5.26 Å². The second-order valence-corrected chi connectivity index (χ2v) is 5.56. The second-order valence-electron chi connectivity index (χ2n) is 3.07. The molecule has 0 saturated carbocycles. The van der Waals surface area contributed by atoms with Gasteiger partial charge in [0.2, 0.25) is 0 Å². The summed E-state index contributed by atoms with van der Waals surface area (Å²) in [5, 5.41) is 11.8. The lowest BCUT2D eigenvalue weighted by Gasteiger charge is -2.12. The summed E-state index contributed by atoms with van der Waals surface area (Å²) in [6, 6.07) is 8.63. The van der Waals surface area contributed by atoms with E-state index in [1.165, 1.54) is 7.14 Å². The molecule has 0 radical (unpaired) electrons. The van der Waals surface area contributed by atoms with Crippen molar-refractivity contribution in [3.8, 4) is 6.07 Å². The molecule has 0 spiro atoms. The van der Waals surface area contributed by atoms with Gasteiger partial charge in [0.1, 0.15) is 0 Å². The van der Waals surface area contributed by atoms with Gasteiger partial charge in [0.25, 0.3) is 0 Å². The summed E-state index contributed by atoms with van der Waals surface area (Å²) in [5.74, 6) is 0. The van der Waals surface area contributed by atoms with Gasteiger partial charge in [-0.05, 0) is 70.3 Å². The molecule has 1 rings (SSSR count). The van der Waals surface area contributed by atoms with E-state index >= 15 is 0 Å². The third-order valence-electron chi connectivity index (χ3n) is 1.67. The highest BCUT2D eigenvalue weighted by molar-refractivity contribution is 14.1. The van der Waals surface area contributed by atoms with Crippen LogP contribution in [0.15, 0.2) is 18.2 Å². The Hall–Kier alpha value is -0.0300. The van der Waals surface area contributed by atoms with E-state index in [9.17, 15) is 0 Å². The first-order valence-electron chi connectivity index (χ1n) is 4.21. The Balaban J connectivity index is 2.72. The fourth-order valence-electron chi connectivity index (χ4n) is 1.11. The van der Waals surface area contributed by atoms with E-state index in [0.29, 0.717) is 6.42 Å². The highest BCUT2D eigenvalue weighted by atomic mass is 127. The number of hydrogen-bond acceptors (Lipinski definition) is 2. The minimum absolute atomic E-state index is 0.203. The minimum atomic E-state index is 0.203. The monoisotopic (exact) mass is 412 g/mol. The van der Waals surface area contributed by atoms with Crippen LogP contribution in [0.25, 0.3) is 0 Å². The molecular weight excluding hydrogens is 402 g/mol. The number of halogens is 2. The number of rotatable bonds is 3. The molecule has 1 atom stereocenters. The van der Waals surface area contributed by atoms with Gasteiger partial charge in [0, 0.05) is 18.9 Å². The van der Waals surface area contributed by atoms with Crippen LogP contribution in [0, 0.1) is 18.5 Å². The van der Waals surface area contributed by atoms with Crippen LogP contribution in [0.2, 0.25) is 0 Å². The number of nitrogens with one attached hydrogen (secondary N) is 1. The summed E-state index contributed by atoms with van der Waals surface area (Å²) in [7, 11) is 0. The van der Waals surface area contributed by atoms with Crippen LogP contribution in [0.1, 0.15) is 13.3 Å². The first-order valence-corrected chi connectivity index (χ1v) is 6.37. The van der Waals surface area contributed by atoms with Gasteiger partial charge in [0.15, 0.2) is 0 Å². The van der Waals surface area contributed by atoms with E-state index < -0.39 is 0 Å². The van der Waals surface area contributed by atoms with E-state index in [1.54, 1.807) is 0 Å². The average molecular weight is 412 g/mol. The van der Waals surface area contributed by atoms with Crippen LogP contribution in [0.4, 0.5) is 5.69 Å². The summed E-state index contributed by atoms with van der Waals surface area (Å²) < 4.78 is 2.42. The van der Waals surface area contributed by atoms with Gasteiger partial charge < -0.3 is 5.32 Å². The first kappa shape index (κ1) is 12.0. The molecule has 0 saturated heterocycles. The van der Waals surface area contributed by atoms with Crippen molar-refractivity contribution >= 4 is 50.9 Å². The largest absolute Gasteiger partial charge is 0.381 e. The quantitative estimate of drug-likeness (QED) is 0.771. The fraction of sp³-hybridized carbons (Fsp3) is 0.300. The average Bonchev–Trinajstić information content (AvgIpc) is 2.01. The zero-order valence-corrected chi connectivity index (χ0v) is 12.0. The molecular formula is C10H10I2N2. The summed E-state index contributed by atoms with van der Waals surface area (Å²) in [6.45, 7) is 2.01. The molecule has 1 aromatic rings. The maximum Gasteiger partial charge on any atom is 0.0643 e. The van der Waals surface area contributed by atoms with Gasteiger partial charge in [0.05, 0.1) is 12.5 Å². The molecule has 1 aromatic carbocycles. The van der Waals surface area contributed by atoms with Crippen molar-refractivity contribution in [2.45, 2.75) is 19.4 Å². The normalized spacial score (nSPS) is 11.9. The van der Waals surface area contributed by atoms with Gasteiger partial charge in [-0.3, -0.25) is 0 Å². The molecule has 0 aliphatic heterocycles. The lowest BCUT2D eigenvalue weighted by molar-refractivity contribution is 0.821. The molecule has 1 unspecified atom stereocenters. The van der Waals surface area contributed by atoms with Crippen molar-refractivity contribution in [1.82, 2.24) is 0 Å². The summed E-state index contributed by atoms with van der Waals surface area (Å²) in [6.07, 6.45) is 0.530. The second kappa shape index (κ2) is 5.75. The summed E-state index contributed by atoms with van der Waals surface area (Å²) in [5.41, 5.74) is 1.09. The molecule has 0 heterocycles. The first-order chi connectivity index (χ1) is 6.61. The number of nitriles is 1. The van der Waals surface area contributed by atoms with Crippen LogP contribution >= 0.6 is 45.2 Å². The lowest BCUT2D eigenvalue weighted by atomic mass is 10.2. The van der Waals surface area contributed by atoms with E-state index in [0.717, 1.165) is 5.69 Å². The Kier molecular flexibility index (Phi) is 4.95. The molecule has 2 nitrogen and oxygen atoms in total. The van der Waals surface area contributed by atoms with Gasteiger partial charge in [-0.15, -0.1) is 0 Å². The zero-order chi connectivity index (χ0) is 10.6. The molecule has 14 heavy (non-hydrogen) atoms. The van der Waals surface area contributed by atoms with Crippen molar-refractivity contribution in [2.24, 2.45) is 0 Å². The predicted molar refractivity (Wildman–Crippen MR) is 75.2 cm³/mol. The Morgan fingerprint density at radius 1 is 1.36 bits per heavy atom. The van der Waals surface area contributed by atoms with Crippen LogP contribution in [0.5, 0.6) is 0 Å². The highest BCUT2D eigenvalue weighted by Crippen LogP contribution is 2.19. The van der Waals surface area contributed by atoms with Crippen molar-refractivity contribution in [1.29, 1.82) is 5.26 Å². The van der Waals surface area contributed by atoms with Crippen LogP contribution < -0.4 is 5.32 Å². The van der Waals surface area contributed by atoms with Gasteiger partial charge in [-0.25, -0.2) is 0 Å². The lowest BCUT2D eigenvalue weighted by Crippen LogP contribution is -2.14. The minimum Gasteiger partial charge on any atom is -0.381 e. The maximum atomic E-state index is 8.53. The zero-order valence-electron chi connectivity index (χ0n) is 7.72. The van der Waals surface area contributed by atoms with E-state index in [-0.39, 0.29) is 6.04 Å². The number of benzene rings is 1. The van der Waals surface area contributed by atoms with E-state index in [1.807, 2.05) is 6.92 Å². The third kappa shape index (κ3) is 4.00. The molecule has 0 amide bonds. The smallest absolute Gasteiger partial charge is 0.0643 e. The molecule has 0 aliphatic carbocycles. The molecule has 0 aromatic heterocycles.